The lowest BCUT2D eigenvalue weighted by molar-refractivity contribution is 0.530. The summed E-state index contributed by atoms with van der Waals surface area (Å²) in [6.07, 6.45) is 10.6. The van der Waals surface area contributed by atoms with Gasteiger partial charge in [0, 0.05) is 43.9 Å². The molecule has 0 amide bonds. The Morgan fingerprint density at radius 2 is 1.29 bits per heavy atom. The zero-order valence-corrected chi connectivity index (χ0v) is 36.0. The van der Waals surface area contributed by atoms with Crippen molar-refractivity contribution in [3.8, 4) is 28.3 Å². The largest absolute Gasteiger partial charge is 0.333 e. The fourth-order valence-electron chi connectivity index (χ4n) is 11.8. The lowest BCUT2D eigenvalue weighted by Gasteiger charge is -2.39. The standard InChI is InChI=1S/C59H46N4/c1-36-22-28-48-45(32-36)42-27-23-40(35-49(42)58(48,2)3)56-44-18-9-12-20-51(44)60-57(61-56)63-52-21-13-10-17-43(52)46-33-38(24-29-53(46)63)39-25-30-54-50(34-39)59(4)47-19-11-8-14-37(47)26-31-55(59)62(54)41-15-6-5-7-16-41/h5-31,33-36,55H,32H2,1-4H3. The molecule has 302 valence electrons. The average molecular weight is 811 g/mol. The van der Waals surface area contributed by atoms with Gasteiger partial charge in [0.25, 0.3) is 0 Å². The summed E-state index contributed by atoms with van der Waals surface area (Å²) >= 11 is 0. The van der Waals surface area contributed by atoms with Crippen LogP contribution >= 0.6 is 0 Å². The third-order valence-corrected chi connectivity index (χ3v) is 14.9. The topological polar surface area (TPSA) is 34.0 Å². The molecule has 13 rings (SSSR count). The second-order valence-corrected chi connectivity index (χ2v) is 18.8. The molecule has 3 aliphatic carbocycles. The summed E-state index contributed by atoms with van der Waals surface area (Å²) in [4.78, 5) is 13.4. The van der Waals surface area contributed by atoms with E-state index in [0.717, 1.165) is 39.6 Å². The van der Waals surface area contributed by atoms with Crippen molar-refractivity contribution in [3.05, 3.63) is 209 Å². The average Bonchev–Trinajstić information content (AvgIpc) is 3.88. The van der Waals surface area contributed by atoms with Crippen LogP contribution in [0.5, 0.6) is 0 Å². The molecule has 4 aliphatic rings. The normalized spacial score (nSPS) is 20.3. The molecule has 4 nitrogen and oxygen atoms in total. The molecule has 3 unspecified atom stereocenters. The van der Waals surface area contributed by atoms with Crippen molar-refractivity contribution in [3.63, 3.8) is 0 Å². The number of para-hydroxylation sites is 3. The van der Waals surface area contributed by atoms with Crippen LogP contribution in [0, 0.1) is 5.92 Å². The van der Waals surface area contributed by atoms with Gasteiger partial charge < -0.3 is 4.90 Å². The Balaban J connectivity index is 0.963. The van der Waals surface area contributed by atoms with Crippen molar-refractivity contribution in [2.24, 2.45) is 5.92 Å². The minimum atomic E-state index is -0.238. The van der Waals surface area contributed by atoms with Crippen molar-refractivity contribution < 1.29 is 0 Å². The number of allylic oxidation sites excluding steroid dienone is 4. The molecule has 0 saturated heterocycles. The lowest BCUT2D eigenvalue weighted by Crippen LogP contribution is -2.42. The van der Waals surface area contributed by atoms with Gasteiger partial charge in [-0.1, -0.05) is 148 Å². The van der Waals surface area contributed by atoms with E-state index in [2.05, 4.69) is 219 Å². The molecule has 0 radical (unpaired) electrons. The Hall–Kier alpha value is -7.30. The SMILES string of the molecule is CC1C=CC2=C(C1)c1ccc(-c3nc(-n4c5ccccc5c5cc(-c6ccc7c(c6)C6(C)c8ccccc8C=CC6N7c6ccccc6)ccc54)nc4ccccc34)cc1C2(C)C. The lowest BCUT2D eigenvalue weighted by atomic mass is 9.68. The predicted octanol–water partition coefficient (Wildman–Crippen LogP) is 14.6. The van der Waals surface area contributed by atoms with E-state index in [1.165, 1.54) is 72.2 Å². The molecule has 0 bridgehead atoms. The van der Waals surface area contributed by atoms with Gasteiger partial charge in [0.1, 0.15) is 0 Å². The summed E-state index contributed by atoms with van der Waals surface area (Å²) in [6.45, 7) is 9.50. The molecule has 7 aromatic carbocycles. The highest BCUT2D eigenvalue weighted by atomic mass is 15.2. The number of nitrogens with zero attached hydrogens (tertiary/aromatic N) is 4. The highest BCUT2D eigenvalue weighted by Gasteiger charge is 2.50. The van der Waals surface area contributed by atoms with Crippen molar-refractivity contribution in [1.82, 2.24) is 14.5 Å². The number of hydrogen-bond acceptors (Lipinski definition) is 3. The van der Waals surface area contributed by atoms with Crippen LogP contribution in [0.1, 0.15) is 61.9 Å². The highest BCUT2D eigenvalue weighted by Crippen LogP contribution is 2.56. The summed E-state index contributed by atoms with van der Waals surface area (Å²) < 4.78 is 2.27. The molecule has 1 aliphatic heterocycles. The van der Waals surface area contributed by atoms with Gasteiger partial charge in [0.05, 0.1) is 28.3 Å². The number of rotatable bonds is 4. The van der Waals surface area contributed by atoms with Gasteiger partial charge in [-0.05, 0) is 124 Å². The highest BCUT2D eigenvalue weighted by molar-refractivity contribution is 6.10. The fraction of sp³-hybridized carbons (Fsp3) is 0.153. The first kappa shape index (κ1) is 36.4. The summed E-state index contributed by atoms with van der Waals surface area (Å²) in [6, 6.07) is 58.2. The maximum Gasteiger partial charge on any atom is 0.235 e. The number of fused-ring (bicyclic) bond motifs is 11. The predicted molar refractivity (Wildman–Crippen MR) is 262 cm³/mol. The van der Waals surface area contributed by atoms with Gasteiger partial charge in [0.15, 0.2) is 0 Å². The Bertz CT molecular complexity index is 3510. The summed E-state index contributed by atoms with van der Waals surface area (Å²) in [5.41, 5.74) is 19.5. The molecule has 0 spiro atoms. The first-order valence-electron chi connectivity index (χ1n) is 22.4. The van der Waals surface area contributed by atoms with Crippen molar-refractivity contribution in [2.75, 3.05) is 4.90 Å². The van der Waals surface area contributed by atoms with Crippen LogP contribution in [0.15, 0.2) is 182 Å². The van der Waals surface area contributed by atoms with E-state index in [1.807, 2.05) is 0 Å². The molecule has 3 atom stereocenters. The second-order valence-electron chi connectivity index (χ2n) is 18.8. The van der Waals surface area contributed by atoms with Gasteiger partial charge in [-0.25, -0.2) is 9.97 Å². The third kappa shape index (κ3) is 5.09. The zero-order chi connectivity index (χ0) is 42.2. The number of aromatic nitrogens is 3. The van der Waals surface area contributed by atoms with Crippen molar-refractivity contribution in [1.29, 1.82) is 0 Å². The first-order chi connectivity index (χ1) is 30.8. The molecular weight excluding hydrogens is 765 g/mol. The smallest absolute Gasteiger partial charge is 0.235 e. The molecule has 3 heterocycles. The Kier molecular flexibility index (Phi) is 7.57. The van der Waals surface area contributed by atoms with Gasteiger partial charge in [-0.15, -0.1) is 0 Å². The number of anilines is 2. The van der Waals surface area contributed by atoms with Gasteiger partial charge >= 0.3 is 0 Å². The van der Waals surface area contributed by atoms with Crippen molar-refractivity contribution in [2.45, 2.75) is 51.0 Å². The molecule has 0 N–H and O–H groups in total. The van der Waals surface area contributed by atoms with E-state index in [1.54, 1.807) is 0 Å². The van der Waals surface area contributed by atoms with Gasteiger partial charge in [0.2, 0.25) is 5.95 Å². The minimum Gasteiger partial charge on any atom is -0.333 e. The van der Waals surface area contributed by atoms with Crippen LogP contribution in [0.2, 0.25) is 0 Å². The minimum absolute atomic E-state index is 0.0784. The molecule has 0 fully saturated rings. The third-order valence-electron chi connectivity index (χ3n) is 14.9. The maximum atomic E-state index is 5.52. The Morgan fingerprint density at radius 3 is 2.17 bits per heavy atom. The quantitative estimate of drug-likeness (QED) is 0.178. The number of benzene rings is 7. The number of hydrogen-bond donors (Lipinski definition) is 0. The van der Waals surface area contributed by atoms with Gasteiger partial charge in [-0.2, -0.15) is 0 Å². The van der Waals surface area contributed by atoms with Crippen LogP contribution in [0.25, 0.3) is 72.7 Å². The van der Waals surface area contributed by atoms with Gasteiger partial charge in [-0.3, -0.25) is 4.57 Å². The molecular formula is C59H46N4. The maximum absolute atomic E-state index is 5.52. The fourth-order valence-corrected chi connectivity index (χ4v) is 11.8. The summed E-state index contributed by atoms with van der Waals surface area (Å²) in [7, 11) is 0. The zero-order valence-electron chi connectivity index (χ0n) is 36.0. The molecule has 9 aromatic rings. The molecule has 2 aromatic heterocycles. The van der Waals surface area contributed by atoms with E-state index in [4.69, 9.17) is 9.97 Å². The monoisotopic (exact) mass is 810 g/mol. The van der Waals surface area contributed by atoms with Crippen LogP contribution in [0.3, 0.4) is 0 Å². The first-order valence-corrected chi connectivity index (χ1v) is 22.4. The molecule has 0 saturated carbocycles. The Morgan fingerprint density at radius 1 is 0.571 bits per heavy atom. The summed E-state index contributed by atoms with van der Waals surface area (Å²) in [5.74, 6) is 1.22. The van der Waals surface area contributed by atoms with E-state index in [-0.39, 0.29) is 16.9 Å². The summed E-state index contributed by atoms with van der Waals surface area (Å²) in [5, 5.41) is 3.42. The van der Waals surface area contributed by atoms with E-state index in [0.29, 0.717) is 11.9 Å². The Labute approximate surface area is 368 Å². The molecule has 4 heteroatoms. The van der Waals surface area contributed by atoms with Crippen LogP contribution in [-0.4, -0.2) is 20.6 Å². The molecule has 63 heavy (non-hydrogen) atoms. The van der Waals surface area contributed by atoms with E-state index >= 15 is 0 Å². The van der Waals surface area contributed by atoms with Crippen LogP contribution in [0.4, 0.5) is 11.4 Å². The van der Waals surface area contributed by atoms with Crippen LogP contribution < -0.4 is 4.90 Å². The van der Waals surface area contributed by atoms with E-state index in [9.17, 15) is 0 Å². The second kappa shape index (κ2) is 13.1. The van der Waals surface area contributed by atoms with E-state index < -0.39 is 0 Å². The van der Waals surface area contributed by atoms with Crippen molar-refractivity contribution >= 4 is 55.7 Å². The van der Waals surface area contributed by atoms with Crippen LogP contribution in [-0.2, 0) is 10.8 Å².